The fraction of sp³-hybridized carbons (Fsp3) is 0.600. The Morgan fingerprint density at radius 1 is 1.71 bits per heavy atom. The van der Waals surface area contributed by atoms with E-state index < -0.39 is 0 Å². The van der Waals surface area contributed by atoms with Crippen LogP contribution in [0.25, 0.3) is 0 Å². The zero-order valence-corrected chi connectivity index (χ0v) is 9.70. The van der Waals surface area contributed by atoms with Gasteiger partial charge >= 0.3 is 0 Å². The zero-order valence-electron chi connectivity index (χ0n) is 8.13. The summed E-state index contributed by atoms with van der Waals surface area (Å²) in [6.45, 7) is 3.83. The molecule has 2 rings (SSSR count). The van der Waals surface area contributed by atoms with Gasteiger partial charge < -0.3 is 10.1 Å². The summed E-state index contributed by atoms with van der Waals surface area (Å²) in [6, 6.07) is 2.55. The van der Waals surface area contributed by atoms with Crippen LogP contribution >= 0.6 is 22.9 Å². The van der Waals surface area contributed by atoms with Gasteiger partial charge in [-0.2, -0.15) is 0 Å². The van der Waals surface area contributed by atoms with E-state index in [9.17, 15) is 0 Å². The van der Waals surface area contributed by atoms with Crippen LogP contribution in [0.5, 0.6) is 0 Å². The van der Waals surface area contributed by atoms with Gasteiger partial charge in [-0.15, -0.1) is 11.3 Å². The number of hydrogen-bond acceptors (Lipinski definition) is 3. The summed E-state index contributed by atoms with van der Waals surface area (Å²) in [4.78, 5) is 0. The molecule has 0 aliphatic carbocycles. The molecule has 0 bridgehead atoms. The second-order valence-electron chi connectivity index (χ2n) is 3.57. The lowest BCUT2D eigenvalue weighted by molar-refractivity contribution is 0.113. The Balaban J connectivity index is 1.85. The van der Waals surface area contributed by atoms with Gasteiger partial charge in [-0.25, -0.2) is 0 Å². The maximum absolute atomic E-state index is 6.01. The normalized spacial score (nSPS) is 27.0. The van der Waals surface area contributed by atoms with Gasteiger partial charge in [0.2, 0.25) is 0 Å². The van der Waals surface area contributed by atoms with Gasteiger partial charge in [0.25, 0.3) is 0 Å². The molecule has 1 aliphatic heterocycles. The minimum absolute atomic E-state index is 0.326. The van der Waals surface area contributed by atoms with Crippen LogP contribution in [0.15, 0.2) is 11.4 Å². The molecule has 0 spiro atoms. The van der Waals surface area contributed by atoms with Gasteiger partial charge in [-0.05, 0) is 30.4 Å². The Kier molecular flexibility index (Phi) is 3.44. The van der Waals surface area contributed by atoms with E-state index in [4.69, 9.17) is 16.3 Å². The lowest BCUT2D eigenvalue weighted by atomic mass is 10.1. The summed E-state index contributed by atoms with van der Waals surface area (Å²) in [5, 5.41) is 5.49. The predicted octanol–water partition coefficient (Wildman–Crippen LogP) is 2.67. The monoisotopic (exact) mass is 231 g/mol. The molecule has 1 saturated heterocycles. The van der Waals surface area contributed by atoms with E-state index >= 15 is 0 Å². The minimum Gasteiger partial charge on any atom is -0.377 e. The highest BCUT2D eigenvalue weighted by atomic mass is 35.5. The molecule has 2 unspecified atom stereocenters. The molecule has 0 saturated carbocycles. The van der Waals surface area contributed by atoms with Gasteiger partial charge in [0.15, 0.2) is 0 Å². The fourth-order valence-electron chi connectivity index (χ4n) is 1.69. The van der Waals surface area contributed by atoms with Crippen LogP contribution in [0, 0.1) is 0 Å². The van der Waals surface area contributed by atoms with Crippen LogP contribution in [0.1, 0.15) is 18.9 Å². The Labute approximate surface area is 93.2 Å². The highest BCUT2D eigenvalue weighted by Crippen LogP contribution is 2.23. The van der Waals surface area contributed by atoms with Crippen LogP contribution < -0.4 is 5.32 Å². The first-order valence-electron chi connectivity index (χ1n) is 4.84. The van der Waals surface area contributed by atoms with Crippen molar-refractivity contribution >= 4 is 22.9 Å². The van der Waals surface area contributed by atoms with Crippen molar-refractivity contribution < 1.29 is 4.74 Å². The molecular formula is C10H14ClNOS. The van der Waals surface area contributed by atoms with Crippen molar-refractivity contribution in [1.29, 1.82) is 0 Å². The number of halogens is 1. The molecule has 2 heterocycles. The first kappa shape index (κ1) is 10.4. The van der Waals surface area contributed by atoms with Crippen molar-refractivity contribution in [2.24, 2.45) is 0 Å². The lowest BCUT2D eigenvalue weighted by Crippen LogP contribution is -2.34. The average Bonchev–Trinajstić information content (AvgIpc) is 2.72. The maximum Gasteiger partial charge on any atom is 0.0973 e. The van der Waals surface area contributed by atoms with Gasteiger partial charge in [-0.3, -0.25) is 0 Å². The SMILES string of the molecule is CC1OCCC1NCc1ccsc1Cl. The first-order valence-corrected chi connectivity index (χ1v) is 6.10. The van der Waals surface area contributed by atoms with Crippen LogP contribution in [0.2, 0.25) is 4.34 Å². The maximum atomic E-state index is 6.01. The molecule has 1 N–H and O–H groups in total. The van der Waals surface area contributed by atoms with Crippen molar-refractivity contribution in [1.82, 2.24) is 5.32 Å². The van der Waals surface area contributed by atoms with Crippen LogP contribution in [0.4, 0.5) is 0 Å². The Bertz CT molecular complexity index is 302. The van der Waals surface area contributed by atoms with Gasteiger partial charge in [0.1, 0.15) is 0 Å². The average molecular weight is 232 g/mol. The molecule has 0 radical (unpaired) electrons. The van der Waals surface area contributed by atoms with E-state index in [2.05, 4.69) is 18.3 Å². The molecule has 1 aromatic heterocycles. The predicted molar refractivity (Wildman–Crippen MR) is 60.0 cm³/mol. The zero-order chi connectivity index (χ0) is 9.97. The molecule has 14 heavy (non-hydrogen) atoms. The Morgan fingerprint density at radius 3 is 3.14 bits per heavy atom. The molecule has 0 amide bonds. The summed E-state index contributed by atoms with van der Waals surface area (Å²) in [5.41, 5.74) is 1.19. The second kappa shape index (κ2) is 4.62. The topological polar surface area (TPSA) is 21.3 Å². The number of rotatable bonds is 3. The van der Waals surface area contributed by atoms with E-state index in [-0.39, 0.29) is 0 Å². The molecule has 1 fully saturated rings. The molecule has 4 heteroatoms. The van der Waals surface area contributed by atoms with E-state index in [1.54, 1.807) is 11.3 Å². The lowest BCUT2D eigenvalue weighted by Gasteiger charge is -2.15. The Morgan fingerprint density at radius 2 is 2.57 bits per heavy atom. The number of ether oxygens (including phenoxy) is 1. The van der Waals surface area contributed by atoms with Gasteiger partial charge in [-0.1, -0.05) is 11.6 Å². The van der Waals surface area contributed by atoms with Crippen molar-refractivity contribution in [3.05, 3.63) is 21.3 Å². The Hall–Kier alpha value is -0.0900. The second-order valence-corrected chi connectivity index (χ2v) is 5.09. The third-order valence-electron chi connectivity index (χ3n) is 2.62. The van der Waals surface area contributed by atoms with Crippen molar-refractivity contribution in [2.75, 3.05) is 6.61 Å². The molecule has 2 atom stereocenters. The van der Waals surface area contributed by atoms with Gasteiger partial charge in [0.05, 0.1) is 10.4 Å². The van der Waals surface area contributed by atoms with Crippen LogP contribution in [0.3, 0.4) is 0 Å². The molecule has 2 nitrogen and oxygen atoms in total. The summed E-state index contributed by atoms with van der Waals surface area (Å²) in [7, 11) is 0. The smallest absolute Gasteiger partial charge is 0.0973 e. The fourth-order valence-corrected chi connectivity index (χ4v) is 2.61. The van der Waals surface area contributed by atoms with E-state index in [0.717, 1.165) is 23.9 Å². The van der Waals surface area contributed by atoms with Crippen molar-refractivity contribution in [3.8, 4) is 0 Å². The summed E-state index contributed by atoms with van der Waals surface area (Å²) < 4.78 is 6.37. The van der Waals surface area contributed by atoms with Crippen molar-refractivity contribution in [3.63, 3.8) is 0 Å². The molecular weight excluding hydrogens is 218 g/mol. The summed E-state index contributed by atoms with van der Waals surface area (Å²) in [6.07, 6.45) is 1.43. The highest BCUT2D eigenvalue weighted by Gasteiger charge is 2.23. The summed E-state index contributed by atoms with van der Waals surface area (Å²) >= 11 is 7.59. The molecule has 1 aliphatic rings. The van der Waals surface area contributed by atoms with Crippen LogP contribution in [-0.4, -0.2) is 18.8 Å². The molecule has 0 aromatic carbocycles. The van der Waals surface area contributed by atoms with E-state index in [1.807, 2.05) is 5.38 Å². The molecule has 78 valence electrons. The number of thiophene rings is 1. The number of hydrogen-bond donors (Lipinski definition) is 1. The quantitative estimate of drug-likeness (QED) is 0.864. The minimum atomic E-state index is 0.326. The largest absolute Gasteiger partial charge is 0.377 e. The third kappa shape index (κ3) is 2.28. The molecule has 1 aromatic rings. The van der Waals surface area contributed by atoms with Gasteiger partial charge in [0, 0.05) is 19.2 Å². The van der Waals surface area contributed by atoms with E-state index in [0.29, 0.717) is 12.1 Å². The first-order chi connectivity index (χ1) is 6.77. The third-order valence-corrected chi connectivity index (χ3v) is 3.88. The standard InChI is InChI=1S/C10H14ClNOS/c1-7-9(2-4-13-7)12-6-8-3-5-14-10(8)11/h3,5,7,9,12H,2,4,6H2,1H3. The van der Waals surface area contributed by atoms with Crippen LogP contribution in [-0.2, 0) is 11.3 Å². The number of nitrogens with one attached hydrogen (secondary N) is 1. The van der Waals surface area contributed by atoms with Crippen molar-refractivity contribution in [2.45, 2.75) is 32.0 Å². The van der Waals surface area contributed by atoms with E-state index in [1.165, 1.54) is 5.56 Å². The summed E-state index contributed by atoms with van der Waals surface area (Å²) in [5.74, 6) is 0. The highest BCUT2D eigenvalue weighted by molar-refractivity contribution is 7.14.